The van der Waals surface area contributed by atoms with Gasteiger partial charge in [0.25, 0.3) is 0 Å². The monoisotopic (exact) mass is 287 g/mol. The van der Waals surface area contributed by atoms with Gasteiger partial charge in [-0.3, -0.25) is 0 Å². The van der Waals surface area contributed by atoms with Crippen LogP contribution in [0, 0.1) is 0 Å². The molecule has 5 heteroatoms. The molecule has 3 nitrogen and oxygen atoms in total. The number of thiocarbonyl (C=S) groups is 1. The van der Waals surface area contributed by atoms with E-state index in [9.17, 15) is 0 Å². The molecule has 2 aliphatic rings. The van der Waals surface area contributed by atoms with Crippen molar-refractivity contribution in [2.75, 3.05) is 20.8 Å². The van der Waals surface area contributed by atoms with Crippen LogP contribution < -0.4 is 0 Å². The van der Waals surface area contributed by atoms with Crippen LogP contribution in [-0.4, -0.2) is 61.7 Å². The Morgan fingerprint density at radius 2 is 2.47 bits per heavy atom. The van der Waals surface area contributed by atoms with Gasteiger partial charge >= 0.3 is 102 Å². The standard InChI is InChI=1S/C10H13N3SSe/c1-12(2)10(14)15-9-3-4-13-7-11-6-8(13)5-9/h3-6,8H,7H2,1-2H3. The summed E-state index contributed by atoms with van der Waals surface area (Å²) in [7, 11) is 4.00. The SMILES string of the molecule is CN(C)C(=S)[Se]C1=CC2C=NCN2C=C1. The van der Waals surface area contributed by atoms with Gasteiger partial charge in [0.15, 0.2) is 0 Å². The fraction of sp³-hybridized carbons (Fsp3) is 0.400. The van der Waals surface area contributed by atoms with Crippen LogP contribution in [0.5, 0.6) is 0 Å². The van der Waals surface area contributed by atoms with E-state index in [4.69, 9.17) is 12.2 Å². The van der Waals surface area contributed by atoms with Crippen molar-refractivity contribution in [3.05, 3.63) is 22.8 Å². The van der Waals surface area contributed by atoms with Gasteiger partial charge in [0.1, 0.15) is 0 Å². The maximum atomic E-state index is 5.31. The van der Waals surface area contributed by atoms with Crippen molar-refractivity contribution in [2.45, 2.75) is 6.04 Å². The number of rotatable bonds is 2. The Labute approximate surface area is 102 Å². The van der Waals surface area contributed by atoms with Crippen molar-refractivity contribution in [1.29, 1.82) is 0 Å². The average molecular weight is 286 g/mol. The number of hydrogen-bond donors (Lipinski definition) is 0. The van der Waals surface area contributed by atoms with Gasteiger partial charge in [-0.15, -0.1) is 0 Å². The number of fused-ring (bicyclic) bond motifs is 1. The van der Waals surface area contributed by atoms with E-state index in [-0.39, 0.29) is 15.0 Å². The van der Waals surface area contributed by atoms with Crippen molar-refractivity contribution >= 4 is 37.3 Å². The second-order valence-corrected chi connectivity index (χ2v) is 6.82. The van der Waals surface area contributed by atoms with Crippen molar-refractivity contribution < 1.29 is 0 Å². The second kappa shape index (κ2) is 4.47. The Morgan fingerprint density at radius 3 is 3.20 bits per heavy atom. The molecule has 0 spiro atoms. The maximum absolute atomic E-state index is 5.31. The summed E-state index contributed by atoms with van der Waals surface area (Å²) in [5.41, 5.74) is 0. The second-order valence-electron chi connectivity index (χ2n) is 3.63. The van der Waals surface area contributed by atoms with E-state index in [0.29, 0.717) is 6.04 Å². The molecule has 0 N–H and O–H groups in total. The summed E-state index contributed by atoms with van der Waals surface area (Å²) in [4.78, 5) is 8.47. The first-order chi connectivity index (χ1) is 7.16. The van der Waals surface area contributed by atoms with Crippen molar-refractivity contribution in [3.63, 3.8) is 0 Å². The molecule has 0 aromatic carbocycles. The summed E-state index contributed by atoms with van der Waals surface area (Å²) in [5.74, 6) is 0. The molecule has 0 radical (unpaired) electrons. The Bertz CT molecular complexity index is 360. The minimum absolute atomic E-state index is 0.262. The third-order valence-corrected chi connectivity index (χ3v) is 5.22. The summed E-state index contributed by atoms with van der Waals surface area (Å²) in [6.45, 7) is 0.788. The van der Waals surface area contributed by atoms with Crippen LogP contribution in [0.25, 0.3) is 0 Å². The summed E-state index contributed by atoms with van der Waals surface area (Å²) in [5, 5.41) is 0. The third-order valence-electron chi connectivity index (χ3n) is 2.22. The van der Waals surface area contributed by atoms with Crippen LogP contribution in [0.4, 0.5) is 0 Å². The first-order valence-electron chi connectivity index (χ1n) is 4.71. The number of aliphatic imine (C=N–C) groups is 1. The first kappa shape index (κ1) is 10.9. The van der Waals surface area contributed by atoms with Gasteiger partial charge in [0, 0.05) is 0 Å². The third kappa shape index (κ3) is 2.48. The van der Waals surface area contributed by atoms with Gasteiger partial charge in [-0.2, -0.15) is 0 Å². The number of hydrogen-bond acceptors (Lipinski definition) is 3. The first-order valence-corrected chi connectivity index (χ1v) is 6.84. The summed E-state index contributed by atoms with van der Waals surface area (Å²) in [6.07, 6.45) is 8.53. The minimum atomic E-state index is 0.262. The molecule has 1 unspecified atom stereocenters. The van der Waals surface area contributed by atoms with Gasteiger partial charge in [-0.25, -0.2) is 0 Å². The summed E-state index contributed by atoms with van der Waals surface area (Å²) in [6, 6.07) is 0.358. The zero-order valence-corrected chi connectivity index (χ0v) is 11.3. The van der Waals surface area contributed by atoms with Crippen molar-refractivity contribution in [2.24, 2.45) is 4.99 Å². The molecule has 0 fully saturated rings. The Hall–Kier alpha value is -0.641. The van der Waals surface area contributed by atoms with Crippen molar-refractivity contribution in [1.82, 2.24) is 9.80 Å². The van der Waals surface area contributed by atoms with E-state index in [2.05, 4.69) is 28.2 Å². The molecule has 0 aromatic rings. The molecule has 2 heterocycles. The molecule has 0 saturated carbocycles. The van der Waals surface area contributed by atoms with E-state index in [0.717, 1.165) is 10.6 Å². The van der Waals surface area contributed by atoms with E-state index < -0.39 is 0 Å². The molecule has 0 aliphatic carbocycles. The molecule has 0 amide bonds. The van der Waals surface area contributed by atoms with Crippen LogP contribution in [0.3, 0.4) is 0 Å². The molecule has 0 aromatic heterocycles. The van der Waals surface area contributed by atoms with Crippen molar-refractivity contribution in [3.8, 4) is 0 Å². The zero-order chi connectivity index (χ0) is 10.8. The van der Waals surface area contributed by atoms with Gasteiger partial charge in [0.05, 0.1) is 0 Å². The van der Waals surface area contributed by atoms with Crippen LogP contribution in [-0.2, 0) is 0 Å². The number of allylic oxidation sites excluding steroid dienone is 2. The van der Waals surface area contributed by atoms with E-state index in [1.807, 2.05) is 25.2 Å². The molecule has 2 rings (SSSR count). The van der Waals surface area contributed by atoms with Gasteiger partial charge < -0.3 is 0 Å². The summed E-state index contributed by atoms with van der Waals surface area (Å²) >= 11 is 5.57. The molecule has 15 heavy (non-hydrogen) atoms. The molecule has 1 atom stereocenters. The van der Waals surface area contributed by atoms with Gasteiger partial charge in [-0.1, -0.05) is 0 Å². The fourth-order valence-corrected chi connectivity index (χ4v) is 3.38. The van der Waals surface area contributed by atoms with Crippen LogP contribution >= 0.6 is 12.2 Å². The molecule has 2 aliphatic heterocycles. The quantitative estimate of drug-likeness (QED) is 0.549. The topological polar surface area (TPSA) is 18.8 Å². The van der Waals surface area contributed by atoms with E-state index >= 15 is 0 Å². The Morgan fingerprint density at radius 1 is 1.67 bits per heavy atom. The van der Waals surface area contributed by atoms with E-state index in [1.54, 1.807) is 0 Å². The van der Waals surface area contributed by atoms with Crippen LogP contribution in [0.2, 0.25) is 0 Å². The fourth-order valence-electron chi connectivity index (χ4n) is 1.37. The van der Waals surface area contributed by atoms with Gasteiger partial charge in [-0.05, 0) is 0 Å². The molecular weight excluding hydrogens is 273 g/mol. The Balaban J connectivity index is 2.02. The van der Waals surface area contributed by atoms with E-state index in [1.165, 1.54) is 4.47 Å². The predicted octanol–water partition coefficient (Wildman–Crippen LogP) is 0.661. The zero-order valence-electron chi connectivity index (χ0n) is 8.75. The van der Waals surface area contributed by atoms with Crippen LogP contribution in [0.1, 0.15) is 0 Å². The predicted molar refractivity (Wildman–Crippen MR) is 68.2 cm³/mol. The number of nitrogens with zero attached hydrogens (tertiary/aromatic N) is 3. The molecule has 0 saturated heterocycles. The molecule has 0 bridgehead atoms. The van der Waals surface area contributed by atoms with Crippen LogP contribution in [0.15, 0.2) is 27.8 Å². The van der Waals surface area contributed by atoms with Gasteiger partial charge in [0.2, 0.25) is 0 Å². The normalized spacial score (nSPS) is 22.7. The summed E-state index contributed by atoms with van der Waals surface area (Å²) < 4.78 is 2.37. The molecule has 80 valence electrons. The Kier molecular flexibility index (Phi) is 3.24. The molecular formula is C10H13N3SSe. The average Bonchev–Trinajstić information content (AvgIpc) is 2.64.